The van der Waals surface area contributed by atoms with E-state index in [1.165, 1.54) is 0 Å². The van der Waals surface area contributed by atoms with Crippen molar-refractivity contribution in [2.75, 3.05) is 13.2 Å². The molecule has 0 fully saturated rings. The number of rotatable bonds is 6. The summed E-state index contributed by atoms with van der Waals surface area (Å²) in [7, 11) is 0. The molecule has 0 aromatic carbocycles. The molecule has 17 heavy (non-hydrogen) atoms. The third kappa shape index (κ3) is 12.1. The predicted molar refractivity (Wildman–Crippen MR) is 72.0 cm³/mol. The van der Waals surface area contributed by atoms with Crippen molar-refractivity contribution in [3.05, 3.63) is 0 Å². The van der Waals surface area contributed by atoms with Crippen LogP contribution in [0.1, 0.15) is 48.5 Å². The second-order valence-corrected chi connectivity index (χ2v) is 4.78. The standard InChI is InChI=1S/C8H19NO.C5H12O2/c1-6(2)9(7(3)4)8(5)10;1-3-7-4-5(2)6/h6-8,10H,1-5H3;5-6H,3-4H2,1-2H3. The Morgan fingerprint density at radius 2 is 1.35 bits per heavy atom. The summed E-state index contributed by atoms with van der Waals surface area (Å²) in [6, 6.07) is 0.833. The highest BCUT2D eigenvalue weighted by Crippen LogP contribution is 2.07. The van der Waals surface area contributed by atoms with Gasteiger partial charge in [0.05, 0.1) is 12.7 Å². The smallest absolute Gasteiger partial charge is 0.104 e. The Morgan fingerprint density at radius 3 is 1.41 bits per heavy atom. The molecule has 2 N–H and O–H groups in total. The third-order valence-corrected chi connectivity index (χ3v) is 2.19. The zero-order chi connectivity index (χ0) is 14.0. The lowest BCUT2D eigenvalue weighted by Crippen LogP contribution is -2.43. The summed E-state index contributed by atoms with van der Waals surface area (Å²) in [6.07, 6.45) is -0.653. The van der Waals surface area contributed by atoms with Crippen molar-refractivity contribution in [3.63, 3.8) is 0 Å². The molecule has 2 unspecified atom stereocenters. The number of hydrogen-bond acceptors (Lipinski definition) is 4. The van der Waals surface area contributed by atoms with E-state index < -0.39 is 0 Å². The molecule has 0 aliphatic heterocycles. The van der Waals surface area contributed by atoms with Gasteiger partial charge >= 0.3 is 0 Å². The molecule has 0 spiro atoms. The van der Waals surface area contributed by atoms with Gasteiger partial charge in [-0.15, -0.1) is 0 Å². The average molecular weight is 249 g/mol. The number of hydrogen-bond donors (Lipinski definition) is 2. The van der Waals surface area contributed by atoms with Gasteiger partial charge in [-0.05, 0) is 48.5 Å². The molecule has 0 bridgehead atoms. The third-order valence-electron chi connectivity index (χ3n) is 2.19. The van der Waals surface area contributed by atoms with Crippen LogP contribution in [0.2, 0.25) is 0 Å². The fraction of sp³-hybridized carbons (Fsp3) is 1.00. The highest BCUT2D eigenvalue weighted by atomic mass is 16.5. The van der Waals surface area contributed by atoms with Gasteiger partial charge in [0.2, 0.25) is 0 Å². The maximum absolute atomic E-state index is 9.28. The molecule has 106 valence electrons. The van der Waals surface area contributed by atoms with Gasteiger partial charge in [0, 0.05) is 18.7 Å². The molecule has 0 aromatic heterocycles. The lowest BCUT2D eigenvalue weighted by molar-refractivity contribution is -0.0235. The fourth-order valence-corrected chi connectivity index (χ4v) is 1.75. The summed E-state index contributed by atoms with van der Waals surface area (Å²) in [5, 5.41) is 17.8. The molecule has 0 radical (unpaired) electrons. The first kappa shape index (κ1) is 19.2. The first-order chi connectivity index (χ1) is 7.73. The number of aliphatic hydroxyl groups is 2. The normalized spacial score (nSPS) is 14.8. The zero-order valence-electron chi connectivity index (χ0n) is 12.5. The second-order valence-electron chi connectivity index (χ2n) is 4.78. The molecule has 4 heteroatoms. The van der Waals surface area contributed by atoms with E-state index in [0.717, 1.165) is 0 Å². The van der Waals surface area contributed by atoms with E-state index in [9.17, 15) is 5.11 Å². The molecular weight excluding hydrogens is 218 g/mol. The lowest BCUT2D eigenvalue weighted by atomic mass is 10.2. The molecule has 0 saturated heterocycles. The first-order valence-corrected chi connectivity index (χ1v) is 6.45. The molecule has 0 heterocycles. The van der Waals surface area contributed by atoms with Gasteiger partial charge in [-0.25, -0.2) is 0 Å². The summed E-state index contributed by atoms with van der Waals surface area (Å²) in [4.78, 5) is 2.06. The quantitative estimate of drug-likeness (QED) is 0.705. The van der Waals surface area contributed by atoms with Crippen LogP contribution in [-0.2, 0) is 4.74 Å². The molecular formula is C13H31NO3. The molecule has 4 nitrogen and oxygen atoms in total. The Kier molecular flexibility index (Phi) is 12.4. The molecule has 0 rings (SSSR count). The maximum atomic E-state index is 9.28. The van der Waals surface area contributed by atoms with E-state index >= 15 is 0 Å². The van der Waals surface area contributed by atoms with Crippen LogP contribution in [0.25, 0.3) is 0 Å². The molecule has 0 saturated carbocycles. The van der Waals surface area contributed by atoms with Gasteiger partial charge in [0.1, 0.15) is 6.23 Å². The van der Waals surface area contributed by atoms with Gasteiger partial charge in [-0.3, -0.25) is 4.90 Å². The Morgan fingerprint density at radius 1 is 0.941 bits per heavy atom. The van der Waals surface area contributed by atoms with Gasteiger partial charge < -0.3 is 14.9 Å². The van der Waals surface area contributed by atoms with Crippen molar-refractivity contribution in [2.24, 2.45) is 0 Å². The lowest BCUT2D eigenvalue weighted by Gasteiger charge is -2.32. The largest absolute Gasteiger partial charge is 0.391 e. The first-order valence-electron chi connectivity index (χ1n) is 6.45. The average Bonchev–Trinajstić information content (AvgIpc) is 2.13. The fourth-order valence-electron chi connectivity index (χ4n) is 1.75. The van der Waals surface area contributed by atoms with Gasteiger partial charge in [0.25, 0.3) is 0 Å². The van der Waals surface area contributed by atoms with Crippen LogP contribution >= 0.6 is 0 Å². The van der Waals surface area contributed by atoms with Crippen molar-refractivity contribution in [3.8, 4) is 0 Å². The van der Waals surface area contributed by atoms with Crippen molar-refractivity contribution in [2.45, 2.75) is 72.9 Å². The summed E-state index contributed by atoms with van der Waals surface area (Å²) < 4.78 is 4.84. The zero-order valence-corrected chi connectivity index (χ0v) is 12.5. The van der Waals surface area contributed by atoms with E-state index in [0.29, 0.717) is 25.3 Å². The summed E-state index contributed by atoms with van der Waals surface area (Å²) >= 11 is 0. The second kappa shape index (κ2) is 11.0. The topological polar surface area (TPSA) is 52.9 Å². The van der Waals surface area contributed by atoms with Crippen molar-refractivity contribution < 1.29 is 14.9 Å². The molecule has 0 aliphatic rings. The van der Waals surface area contributed by atoms with Gasteiger partial charge in [-0.2, -0.15) is 0 Å². The summed E-state index contributed by atoms with van der Waals surface area (Å²) in [6.45, 7) is 14.9. The Labute approximate surface area is 107 Å². The maximum Gasteiger partial charge on any atom is 0.104 e. The van der Waals surface area contributed by atoms with E-state index in [1.807, 2.05) is 6.92 Å². The van der Waals surface area contributed by atoms with Crippen LogP contribution in [0.15, 0.2) is 0 Å². The number of nitrogens with zero attached hydrogens (tertiary/aromatic N) is 1. The Balaban J connectivity index is 0. The Bertz CT molecular complexity index is 140. The SMILES string of the molecule is CC(C)N(C(C)C)C(C)O.CCOCC(C)O. The van der Waals surface area contributed by atoms with E-state index in [-0.39, 0.29) is 12.3 Å². The molecule has 2 atom stereocenters. The summed E-state index contributed by atoms with van der Waals surface area (Å²) in [5.74, 6) is 0. The monoisotopic (exact) mass is 249 g/mol. The van der Waals surface area contributed by atoms with Crippen LogP contribution in [-0.4, -0.2) is 52.7 Å². The van der Waals surface area contributed by atoms with Gasteiger partial charge in [0.15, 0.2) is 0 Å². The molecule has 0 amide bonds. The molecule has 0 aliphatic carbocycles. The Hall–Kier alpha value is -0.160. The van der Waals surface area contributed by atoms with E-state index in [4.69, 9.17) is 9.84 Å². The minimum absolute atomic E-state index is 0.319. The summed E-state index contributed by atoms with van der Waals surface area (Å²) in [5.41, 5.74) is 0. The van der Waals surface area contributed by atoms with Crippen molar-refractivity contribution in [1.82, 2.24) is 4.90 Å². The van der Waals surface area contributed by atoms with Gasteiger partial charge in [-0.1, -0.05) is 0 Å². The number of ether oxygens (including phenoxy) is 1. The van der Waals surface area contributed by atoms with E-state index in [2.05, 4.69) is 32.6 Å². The van der Waals surface area contributed by atoms with Crippen LogP contribution < -0.4 is 0 Å². The van der Waals surface area contributed by atoms with Crippen LogP contribution in [0, 0.1) is 0 Å². The van der Waals surface area contributed by atoms with Crippen molar-refractivity contribution in [1.29, 1.82) is 0 Å². The highest BCUT2D eigenvalue weighted by Gasteiger charge is 2.16. The molecule has 0 aromatic rings. The minimum atomic E-state index is -0.333. The minimum Gasteiger partial charge on any atom is -0.391 e. The van der Waals surface area contributed by atoms with Crippen LogP contribution in [0.4, 0.5) is 0 Å². The van der Waals surface area contributed by atoms with E-state index in [1.54, 1.807) is 13.8 Å². The predicted octanol–water partition coefficient (Wildman–Crippen LogP) is 1.85. The highest BCUT2D eigenvalue weighted by molar-refractivity contribution is 4.67. The van der Waals surface area contributed by atoms with Crippen LogP contribution in [0.5, 0.6) is 0 Å². The van der Waals surface area contributed by atoms with Crippen molar-refractivity contribution >= 4 is 0 Å². The van der Waals surface area contributed by atoms with Crippen LogP contribution in [0.3, 0.4) is 0 Å². The number of aliphatic hydroxyl groups excluding tert-OH is 2.